The third-order valence-corrected chi connectivity index (χ3v) is 3.91. The summed E-state index contributed by atoms with van der Waals surface area (Å²) in [5.41, 5.74) is 0.407. The van der Waals surface area contributed by atoms with E-state index in [0.29, 0.717) is 31.3 Å². The Morgan fingerprint density at radius 2 is 1.95 bits per heavy atom. The monoisotopic (exact) mass is 392 g/mol. The van der Waals surface area contributed by atoms with Gasteiger partial charge in [-0.05, 0) is 22.0 Å². The smallest absolute Gasteiger partial charge is 0.325 e. The molecule has 0 spiro atoms. The maximum Gasteiger partial charge on any atom is 0.325 e. The maximum atomic E-state index is 11.9. The first-order chi connectivity index (χ1) is 10.0. The van der Waals surface area contributed by atoms with Gasteiger partial charge in [0.2, 0.25) is 5.13 Å². The second-order valence-corrected chi connectivity index (χ2v) is 6.29. The molecule has 2 N–H and O–H groups in total. The number of rotatable bonds is 4. The quantitative estimate of drug-likeness (QED) is 0.829. The Hall–Kier alpha value is -1.58. The van der Waals surface area contributed by atoms with Crippen molar-refractivity contribution in [1.29, 1.82) is 0 Å². The molecule has 0 bridgehead atoms. The number of urea groups is 1. The minimum Gasteiger partial charge on any atom is -0.495 e. The third kappa shape index (κ3) is 3.96. The van der Waals surface area contributed by atoms with Crippen molar-refractivity contribution >= 4 is 55.7 Å². The van der Waals surface area contributed by atoms with E-state index < -0.39 is 6.03 Å². The highest BCUT2D eigenvalue weighted by Crippen LogP contribution is 2.36. The number of anilines is 2. The number of methoxy groups -OCH3 is 2. The van der Waals surface area contributed by atoms with Gasteiger partial charge < -0.3 is 14.8 Å². The lowest BCUT2D eigenvalue weighted by molar-refractivity contribution is 0.262. The van der Waals surface area contributed by atoms with Crippen LogP contribution in [-0.2, 0) is 0 Å². The molecule has 7 nitrogen and oxygen atoms in total. The highest BCUT2D eigenvalue weighted by Gasteiger charge is 2.13. The van der Waals surface area contributed by atoms with Gasteiger partial charge in [0, 0.05) is 6.07 Å². The van der Waals surface area contributed by atoms with E-state index in [0.717, 1.165) is 0 Å². The van der Waals surface area contributed by atoms with Crippen LogP contribution < -0.4 is 20.1 Å². The number of hydrogen-bond acceptors (Lipinski definition) is 6. The number of amides is 2. The van der Waals surface area contributed by atoms with Crippen LogP contribution in [0.25, 0.3) is 0 Å². The van der Waals surface area contributed by atoms with Gasteiger partial charge in [-0.25, -0.2) is 4.79 Å². The zero-order chi connectivity index (χ0) is 15.4. The number of benzene rings is 1. The van der Waals surface area contributed by atoms with Crippen molar-refractivity contribution < 1.29 is 14.3 Å². The number of halogens is 2. The maximum absolute atomic E-state index is 11.9. The number of aromatic nitrogens is 2. The fourth-order valence-corrected chi connectivity index (χ4v) is 2.71. The molecule has 0 aliphatic rings. The third-order valence-electron chi connectivity index (χ3n) is 2.34. The molecule has 0 radical (unpaired) electrons. The van der Waals surface area contributed by atoms with Crippen LogP contribution >= 0.6 is 38.9 Å². The van der Waals surface area contributed by atoms with Crippen LogP contribution in [0.3, 0.4) is 0 Å². The fourth-order valence-electron chi connectivity index (χ4n) is 1.46. The molecule has 0 saturated heterocycles. The van der Waals surface area contributed by atoms with Gasteiger partial charge in [-0.15, -0.1) is 10.2 Å². The van der Waals surface area contributed by atoms with E-state index >= 15 is 0 Å². The van der Waals surface area contributed by atoms with E-state index in [4.69, 9.17) is 21.1 Å². The molecule has 0 aliphatic carbocycles. The lowest BCUT2D eigenvalue weighted by Gasteiger charge is -2.12. The van der Waals surface area contributed by atoms with Crippen LogP contribution in [0.1, 0.15) is 0 Å². The molecule has 0 aliphatic heterocycles. The van der Waals surface area contributed by atoms with E-state index in [1.807, 2.05) is 0 Å². The molecule has 0 fully saturated rings. The van der Waals surface area contributed by atoms with Gasteiger partial charge in [-0.1, -0.05) is 22.9 Å². The van der Waals surface area contributed by atoms with Crippen LogP contribution in [0.15, 0.2) is 16.0 Å². The normalized spacial score (nSPS) is 10.1. The summed E-state index contributed by atoms with van der Waals surface area (Å²) in [6.07, 6.45) is 0. The van der Waals surface area contributed by atoms with Crippen LogP contribution in [0.5, 0.6) is 11.5 Å². The van der Waals surface area contributed by atoms with E-state index in [-0.39, 0.29) is 0 Å². The Balaban J connectivity index is 2.14. The molecule has 0 unspecified atom stereocenters. The summed E-state index contributed by atoms with van der Waals surface area (Å²) in [6.45, 7) is 0. The summed E-state index contributed by atoms with van der Waals surface area (Å²) in [5, 5.41) is 13.4. The zero-order valence-corrected chi connectivity index (χ0v) is 14.1. The van der Waals surface area contributed by atoms with Crippen molar-refractivity contribution in [3.63, 3.8) is 0 Å². The van der Waals surface area contributed by atoms with Crippen LogP contribution in [-0.4, -0.2) is 30.4 Å². The lowest BCUT2D eigenvalue weighted by Crippen LogP contribution is -2.19. The van der Waals surface area contributed by atoms with Crippen molar-refractivity contribution in [2.24, 2.45) is 0 Å². The molecule has 0 atom stereocenters. The molecule has 10 heteroatoms. The number of carbonyl (C=O) groups is 1. The number of ether oxygens (including phenoxy) is 2. The molecule has 1 aromatic heterocycles. The summed E-state index contributed by atoms with van der Waals surface area (Å²) < 4.78 is 10.8. The Kier molecular flexibility index (Phi) is 5.21. The molecule has 2 aromatic rings. The predicted octanol–water partition coefficient (Wildman–Crippen LogP) is 3.62. The first-order valence-electron chi connectivity index (χ1n) is 5.52. The summed E-state index contributed by atoms with van der Waals surface area (Å²) in [4.78, 5) is 11.9. The van der Waals surface area contributed by atoms with Gasteiger partial charge in [0.05, 0.1) is 24.9 Å². The van der Waals surface area contributed by atoms with E-state index in [1.165, 1.54) is 31.6 Å². The molecule has 1 heterocycles. The number of hydrogen-bond donors (Lipinski definition) is 2. The molecule has 2 rings (SSSR count). The molecular weight excluding hydrogens is 384 g/mol. The van der Waals surface area contributed by atoms with Crippen molar-refractivity contribution in [2.45, 2.75) is 0 Å². The van der Waals surface area contributed by atoms with Gasteiger partial charge in [0.25, 0.3) is 0 Å². The summed E-state index contributed by atoms with van der Waals surface area (Å²) in [6, 6.07) is 2.63. The summed E-state index contributed by atoms with van der Waals surface area (Å²) in [5.74, 6) is 0.873. The zero-order valence-electron chi connectivity index (χ0n) is 10.9. The first-order valence-corrected chi connectivity index (χ1v) is 7.50. The van der Waals surface area contributed by atoms with Crippen LogP contribution in [0.2, 0.25) is 5.02 Å². The van der Waals surface area contributed by atoms with E-state index in [9.17, 15) is 4.79 Å². The molecule has 112 valence electrons. The summed E-state index contributed by atoms with van der Waals surface area (Å²) >= 11 is 10.4. The average Bonchev–Trinajstić information content (AvgIpc) is 2.84. The number of carbonyl (C=O) groups excluding carboxylic acids is 1. The van der Waals surface area contributed by atoms with Crippen LogP contribution in [0.4, 0.5) is 15.6 Å². The molecule has 1 aromatic carbocycles. The van der Waals surface area contributed by atoms with Crippen molar-refractivity contribution in [3.8, 4) is 11.5 Å². The molecular formula is C11H10BrClN4O3S. The van der Waals surface area contributed by atoms with Gasteiger partial charge in [-0.3, -0.25) is 5.32 Å². The summed E-state index contributed by atoms with van der Waals surface area (Å²) in [7, 11) is 2.97. The highest BCUT2D eigenvalue weighted by atomic mass is 79.9. The largest absolute Gasteiger partial charge is 0.495 e. The second kappa shape index (κ2) is 6.92. The minimum absolute atomic E-state index is 0.354. The van der Waals surface area contributed by atoms with Gasteiger partial charge in [0.15, 0.2) is 3.92 Å². The standard InChI is InChI=1S/C11H10BrClN4O3S/c1-19-7-4-8(20-2)6(3-5(7)13)14-10(18)15-11-17-16-9(12)21-11/h3-4H,1-2H3,(H2,14,15,17,18). The Morgan fingerprint density at radius 1 is 1.24 bits per heavy atom. The first kappa shape index (κ1) is 15.8. The highest BCUT2D eigenvalue weighted by molar-refractivity contribution is 9.11. The Morgan fingerprint density at radius 3 is 2.52 bits per heavy atom. The van der Waals surface area contributed by atoms with Gasteiger partial charge in [-0.2, -0.15) is 0 Å². The van der Waals surface area contributed by atoms with Crippen molar-refractivity contribution in [2.75, 3.05) is 24.9 Å². The van der Waals surface area contributed by atoms with Crippen molar-refractivity contribution in [1.82, 2.24) is 10.2 Å². The lowest BCUT2D eigenvalue weighted by atomic mass is 10.2. The number of nitrogens with one attached hydrogen (secondary N) is 2. The predicted molar refractivity (Wildman–Crippen MR) is 84.8 cm³/mol. The molecule has 21 heavy (non-hydrogen) atoms. The molecule has 2 amide bonds. The van der Waals surface area contributed by atoms with E-state index in [1.54, 1.807) is 6.07 Å². The topological polar surface area (TPSA) is 85.4 Å². The minimum atomic E-state index is -0.488. The fraction of sp³-hybridized carbons (Fsp3) is 0.182. The molecule has 0 saturated carbocycles. The average molecular weight is 394 g/mol. The van der Waals surface area contributed by atoms with Crippen molar-refractivity contribution in [3.05, 3.63) is 21.1 Å². The number of nitrogens with zero attached hydrogens (tertiary/aromatic N) is 2. The van der Waals surface area contributed by atoms with Gasteiger partial charge in [0.1, 0.15) is 11.5 Å². The SMILES string of the molecule is COc1cc(OC)c(NC(=O)Nc2nnc(Br)s2)cc1Cl. The van der Waals surface area contributed by atoms with Gasteiger partial charge >= 0.3 is 6.03 Å². The Labute approximate surface area is 137 Å². The second-order valence-electron chi connectivity index (χ2n) is 3.63. The van der Waals surface area contributed by atoms with E-state index in [2.05, 4.69) is 36.8 Å². The van der Waals surface area contributed by atoms with Crippen LogP contribution in [0, 0.1) is 0 Å². The Bertz CT molecular complexity index is 667.